The van der Waals surface area contributed by atoms with Gasteiger partial charge in [0.25, 0.3) is 0 Å². The first-order valence-corrected chi connectivity index (χ1v) is 9.43. The van der Waals surface area contributed by atoms with Gasteiger partial charge in [0.05, 0.1) is 25.9 Å². The molecule has 148 valence electrons. The van der Waals surface area contributed by atoms with E-state index < -0.39 is 0 Å². The van der Waals surface area contributed by atoms with Crippen LogP contribution in [0.1, 0.15) is 38.4 Å². The number of guanidine groups is 1. The van der Waals surface area contributed by atoms with E-state index in [1.54, 1.807) is 0 Å². The van der Waals surface area contributed by atoms with Gasteiger partial charge in [-0.05, 0) is 33.7 Å². The molecule has 1 N–H and O–H groups in total. The van der Waals surface area contributed by atoms with Gasteiger partial charge in [-0.25, -0.2) is 0 Å². The van der Waals surface area contributed by atoms with Crippen molar-refractivity contribution >= 4 is 29.9 Å². The van der Waals surface area contributed by atoms with Gasteiger partial charge in [0.15, 0.2) is 5.96 Å². The molecular formula is C18H33IN6O. The number of nitrogens with zero attached hydrogens (tertiary/aromatic N) is 5. The molecule has 2 unspecified atom stereocenters. The molecule has 2 heterocycles. The highest BCUT2D eigenvalue weighted by molar-refractivity contribution is 14.0. The number of hydrogen-bond acceptors (Lipinski definition) is 4. The molecule has 1 saturated carbocycles. The first kappa shape index (κ1) is 21.4. The molecule has 0 aromatic carbocycles. The van der Waals surface area contributed by atoms with Gasteiger partial charge in [-0.3, -0.25) is 14.6 Å². The summed E-state index contributed by atoms with van der Waals surface area (Å²) >= 11 is 0. The quantitative estimate of drug-likeness (QED) is 0.386. The van der Waals surface area contributed by atoms with E-state index >= 15 is 0 Å². The van der Waals surface area contributed by atoms with Gasteiger partial charge in [0, 0.05) is 44.0 Å². The normalized spacial score (nSPS) is 22.3. The number of nitrogens with one attached hydrogen (secondary N) is 1. The summed E-state index contributed by atoms with van der Waals surface area (Å²) in [5.74, 6) is 0.996. The van der Waals surface area contributed by atoms with Crippen LogP contribution >= 0.6 is 24.0 Å². The van der Waals surface area contributed by atoms with Crippen molar-refractivity contribution in [3.63, 3.8) is 0 Å². The predicted molar refractivity (Wildman–Crippen MR) is 115 cm³/mol. The molecule has 0 amide bonds. The van der Waals surface area contributed by atoms with Crippen molar-refractivity contribution in [2.45, 2.75) is 44.9 Å². The smallest absolute Gasteiger partial charge is 0.194 e. The van der Waals surface area contributed by atoms with Crippen molar-refractivity contribution in [3.8, 4) is 0 Å². The molecule has 8 heteroatoms. The number of aromatic nitrogens is 2. The van der Waals surface area contributed by atoms with Gasteiger partial charge in [-0.1, -0.05) is 0 Å². The van der Waals surface area contributed by atoms with Crippen LogP contribution in [-0.2, 0) is 11.8 Å². The van der Waals surface area contributed by atoms with E-state index in [0.29, 0.717) is 12.6 Å². The predicted octanol–water partition coefficient (Wildman–Crippen LogP) is 1.86. The number of rotatable bonds is 6. The molecule has 26 heavy (non-hydrogen) atoms. The van der Waals surface area contributed by atoms with E-state index in [0.717, 1.165) is 43.7 Å². The van der Waals surface area contributed by atoms with Crippen LogP contribution in [0.15, 0.2) is 17.4 Å². The molecule has 0 radical (unpaired) electrons. The van der Waals surface area contributed by atoms with E-state index in [4.69, 9.17) is 9.73 Å². The third-order valence-corrected chi connectivity index (χ3v) is 5.12. The lowest BCUT2D eigenvalue weighted by Gasteiger charge is -2.35. The fourth-order valence-corrected chi connectivity index (χ4v) is 3.26. The Bertz CT molecular complexity index is 588. The van der Waals surface area contributed by atoms with Gasteiger partial charge in [-0.2, -0.15) is 5.10 Å². The number of halogens is 1. The minimum Gasteiger partial charge on any atom is -0.370 e. The van der Waals surface area contributed by atoms with Crippen LogP contribution in [0.4, 0.5) is 0 Å². The van der Waals surface area contributed by atoms with Crippen molar-refractivity contribution in [3.05, 3.63) is 18.0 Å². The summed E-state index contributed by atoms with van der Waals surface area (Å²) in [6.07, 6.45) is 6.65. The third kappa shape index (κ3) is 5.56. The lowest BCUT2D eigenvalue weighted by Crippen LogP contribution is -2.48. The number of hydrogen-bond donors (Lipinski definition) is 1. The monoisotopic (exact) mass is 476 g/mol. The molecule has 2 aliphatic rings. The fraction of sp³-hybridized carbons (Fsp3) is 0.778. The molecule has 3 rings (SSSR count). The Morgan fingerprint density at radius 1 is 1.50 bits per heavy atom. The Kier molecular flexibility index (Phi) is 8.15. The van der Waals surface area contributed by atoms with Crippen molar-refractivity contribution in [2.24, 2.45) is 12.0 Å². The average molecular weight is 476 g/mol. The van der Waals surface area contributed by atoms with Gasteiger partial charge in [0.1, 0.15) is 6.10 Å². The second kappa shape index (κ2) is 9.89. The van der Waals surface area contributed by atoms with E-state index in [-0.39, 0.29) is 30.1 Å². The average Bonchev–Trinajstić information content (AvgIpc) is 3.38. The third-order valence-electron chi connectivity index (χ3n) is 5.12. The summed E-state index contributed by atoms with van der Waals surface area (Å²) in [6, 6.07) is 1.24. The Labute approximate surface area is 174 Å². The summed E-state index contributed by atoms with van der Waals surface area (Å²) in [5.41, 5.74) is 1.13. The van der Waals surface area contributed by atoms with Crippen LogP contribution in [0.3, 0.4) is 0 Å². The van der Waals surface area contributed by atoms with Gasteiger partial charge >= 0.3 is 0 Å². The summed E-state index contributed by atoms with van der Waals surface area (Å²) in [4.78, 5) is 9.69. The second-order valence-corrected chi connectivity index (χ2v) is 7.19. The first-order chi connectivity index (χ1) is 12.1. The first-order valence-electron chi connectivity index (χ1n) is 9.43. The number of likely N-dealkylation sites (N-methyl/N-ethyl adjacent to an activating group) is 1. The summed E-state index contributed by atoms with van der Waals surface area (Å²) in [7, 11) is 4.16. The highest BCUT2D eigenvalue weighted by Crippen LogP contribution is 2.27. The molecule has 2 atom stereocenters. The van der Waals surface area contributed by atoms with Gasteiger partial charge in [0.2, 0.25) is 0 Å². The Hall–Kier alpha value is -0.870. The van der Waals surface area contributed by atoms with E-state index in [2.05, 4.69) is 41.1 Å². The minimum atomic E-state index is 0. The Morgan fingerprint density at radius 3 is 2.88 bits per heavy atom. The van der Waals surface area contributed by atoms with E-state index in [1.165, 1.54) is 12.8 Å². The molecule has 1 aliphatic carbocycles. The zero-order chi connectivity index (χ0) is 17.8. The van der Waals surface area contributed by atoms with Crippen LogP contribution < -0.4 is 5.32 Å². The molecule has 2 fully saturated rings. The Balaban J connectivity index is 0.00000243. The highest BCUT2D eigenvalue weighted by atomic mass is 127. The number of ether oxygens (including phenoxy) is 1. The lowest BCUT2D eigenvalue weighted by atomic mass is 10.1. The topological polar surface area (TPSA) is 57.9 Å². The fourth-order valence-electron chi connectivity index (χ4n) is 3.26. The molecule has 7 nitrogen and oxygen atoms in total. The molecule has 0 bridgehead atoms. The highest BCUT2D eigenvalue weighted by Gasteiger charge is 2.29. The molecule has 1 saturated heterocycles. The second-order valence-electron chi connectivity index (χ2n) is 7.19. The molecule has 0 spiro atoms. The van der Waals surface area contributed by atoms with E-state index in [1.807, 2.05) is 24.1 Å². The molecule has 1 aliphatic heterocycles. The minimum absolute atomic E-state index is 0. The van der Waals surface area contributed by atoms with Crippen LogP contribution in [-0.4, -0.2) is 77.5 Å². The molecular weight excluding hydrogens is 443 g/mol. The maximum absolute atomic E-state index is 5.95. The maximum Gasteiger partial charge on any atom is 0.194 e. The lowest BCUT2D eigenvalue weighted by molar-refractivity contribution is -0.00807. The summed E-state index contributed by atoms with van der Waals surface area (Å²) in [6.45, 7) is 8.48. The van der Waals surface area contributed by atoms with Crippen molar-refractivity contribution in [1.29, 1.82) is 0 Å². The zero-order valence-electron chi connectivity index (χ0n) is 16.4. The van der Waals surface area contributed by atoms with E-state index in [9.17, 15) is 0 Å². The van der Waals surface area contributed by atoms with Crippen molar-refractivity contribution in [2.75, 3.05) is 39.8 Å². The SMILES string of the molecule is CCNC(=NCC(C)N(C)C1CC1)N1CCOC(c2cnn(C)c2)C1.I. The standard InChI is InChI=1S/C18H32N6O.HI/c1-5-19-18(20-10-14(2)23(4)16-6-7-16)24-8-9-25-17(13-24)15-11-21-22(3)12-15;/h11-12,14,16-17H,5-10,13H2,1-4H3,(H,19,20);1H. The summed E-state index contributed by atoms with van der Waals surface area (Å²) in [5, 5.41) is 7.72. The molecule has 1 aromatic rings. The number of aliphatic imine (C=N–C) groups is 1. The largest absolute Gasteiger partial charge is 0.370 e. The van der Waals surface area contributed by atoms with Gasteiger partial charge < -0.3 is 15.0 Å². The van der Waals surface area contributed by atoms with Crippen molar-refractivity contribution in [1.82, 2.24) is 24.9 Å². The maximum atomic E-state index is 5.95. The zero-order valence-corrected chi connectivity index (χ0v) is 18.7. The Morgan fingerprint density at radius 2 is 2.27 bits per heavy atom. The number of aryl methyl sites for hydroxylation is 1. The van der Waals surface area contributed by atoms with Crippen LogP contribution in [0.5, 0.6) is 0 Å². The summed E-state index contributed by atoms with van der Waals surface area (Å²) < 4.78 is 7.78. The van der Waals surface area contributed by atoms with Crippen LogP contribution in [0.2, 0.25) is 0 Å². The molecule has 1 aromatic heterocycles. The van der Waals surface area contributed by atoms with Crippen molar-refractivity contribution < 1.29 is 4.74 Å². The number of morpholine rings is 1. The van der Waals surface area contributed by atoms with Crippen LogP contribution in [0, 0.1) is 0 Å². The van der Waals surface area contributed by atoms with Crippen LogP contribution in [0.25, 0.3) is 0 Å². The van der Waals surface area contributed by atoms with Gasteiger partial charge in [-0.15, -0.1) is 24.0 Å².